The molecular formula is C8H13NO2. The highest BCUT2D eigenvalue weighted by Gasteiger charge is 2.19. The van der Waals surface area contributed by atoms with E-state index < -0.39 is 0 Å². The van der Waals surface area contributed by atoms with Gasteiger partial charge in [0.2, 0.25) is 0 Å². The van der Waals surface area contributed by atoms with E-state index in [2.05, 4.69) is 10.1 Å². The first-order chi connectivity index (χ1) is 5.29. The van der Waals surface area contributed by atoms with Gasteiger partial charge in [0.1, 0.15) is 0 Å². The molecular weight excluding hydrogens is 142 g/mol. The summed E-state index contributed by atoms with van der Waals surface area (Å²) >= 11 is 0. The van der Waals surface area contributed by atoms with Gasteiger partial charge in [-0.05, 0) is 19.3 Å². The van der Waals surface area contributed by atoms with Gasteiger partial charge in [0.25, 0.3) is 0 Å². The lowest BCUT2D eigenvalue weighted by Gasteiger charge is -2.03. The highest BCUT2D eigenvalue weighted by Crippen LogP contribution is 2.24. The number of methoxy groups -OCH3 is 1. The largest absolute Gasteiger partial charge is 0.466 e. The van der Waals surface area contributed by atoms with Crippen LogP contribution in [-0.4, -0.2) is 20.1 Å². The van der Waals surface area contributed by atoms with Crippen LogP contribution < -0.4 is 5.32 Å². The van der Waals surface area contributed by atoms with Crippen molar-refractivity contribution in [2.24, 2.45) is 0 Å². The van der Waals surface area contributed by atoms with Crippen molar-refractivity contribution in [2.75, 3.05) is 14.2 Å². The predicted molar refractivity (Wildman–Crippen MR) is 42.0 cm³/mol. The highest BCUT2D eigenvalue weighted by atomic mass is 16.5. The van der Waals surface area contributed by atoms with Gasteiger partial charge in [-0.3, -0.25) is 0 Å². The van der Waals surface area contributed by atoms with Crippen LogP contribution in [0.25, 0.3) is 0 Å². The van der Waals surface area contributed by atoms with Crippen molar-refractivity contribution in [1.82, 2.24) is 5.32 Å². The molecule has 0 aromatic carbocycles. The van der Waals surface area contributed by atoms with Gasteiger partial charge in [0.05, 0.1) is 12.7 Å². The van der Waals surface area contributed by atoms with Gasteiger partial charge in [-0.15, -0.1) is 0 Å². The maximum absolute atomic E-state index is 11.1. The molecule has 3 heteroatoms. The zero-order chi connectivity index (χ0) is 8.27. The zero-order valence-electron chi connectivity index (χ0n) is 6.94. The molecule has 1 aliphatic rings. The van der Waals surface area contributed by atoms with Crippen LogP contribution in [0.15, 0.2) is 11.3 Å². The molecule has 0 radical (unpaired) electrons. The van der Waals surface area contributed by atoms with E-state index in [1.54, 1.807) is 0 Å². The van der Waals surface area contributed by atoms with Crippen LogP contribution in [0.2, 0.25) is 0 Å². The first-order valence-corrected chi connectivity index (χ1v) is 3.77. The molecule has 0 aliphatic heterocycles. The molecule has 0 bridgehead atoms. The molecule has 0 saturated heterocycles. The molecule has 0 saturated carbocycles. The van der Waals surface area contributed by atoms with Crippen LogP contribution >= 0.6 is 0 Å². The molecule has 62 valence electrons. The molecule has 1 N–H and O–H groups in total. The fraction of sp³-hybridized carbons (Fsp3) is 0.625. The molecule has 0 aromatic rings. The van der Waals surface area contributed by atoms with Crippen LogP contribution in [0, 0.1) is 0 Å². The van der Waals surface area contributed by atoms with Crippen molar-refractivity contribution < 1.29 is 9.53 Å². The van der Waals surface area contributed by atoms with Crippen molar-refractivity contribution in [3.63, 3.8) is 0 Å². The van der Waals surface area contributed by atoms with Crippen molar-refractivity contribution in [1.29, 1.82) is 0 Å². The van der Waals surface area contributed by atoms with E-state index in [0.717, 1.165) is 30.5 Å². The number of ether oxygens (including phenoxy) is 1. The van der Waals surface area contributed by atoms with Gasteiger partial charge in [0.15, 0.2) is 0 Å². The Morgan fingerprint density at radius 3 is 2.82 bits per heavy atom. The lowest BCUT2D eigenvalue weighted by atomic mass is 10.2. The third-order valence-corrected chi connectivity index (χ3v) is 1.95. The van der Waals surface area contributed by atoms with E-state index in [-0.39, 0.29) is 5.97 Å². The second kappa shape index (κ2) is 3.42. The molecule has 0 aromatic heterocycles. The number of carbonyl (C=O) groups is 1. The van der Waals surface area contributed by atoms with Crippen LogP contribution in [0.4, 0.5) is 0 Å². The predicted octanol–water partition coefficient (Wildman–Crippen LogP) is 0.817. The fourth-order valence-corrected chi connectivity index (χ4v) is 1.37. The Labute approximate surface area is 66.4 Å². The third-order valence-electron chi connectivity index (χ3n) is 1.95. The van der Waals surface area contributed by atoms with Crippen molar-refractivity contribution >= 4 is 5.97 Å². The molecule has 1 rings (SSSR count). The Balaban J connectivity index is 2.74. The molecule has 0 amide bonds. The van der Waals surface area contributed by atoms with Crippen LogP contribution in [0.3, 0.4) is 0 Å². The minimum atomic E-state index is -0.188. The fourth-order valence-electron chi connectivity index (χ4n) is 1.37. The van der Waals surface area contributed by atoms with Gasteiger partial charge in [-0.2, -0.15) is 0 Å². The lowest BCUT2D eigenvalue weighted by molar-refractivity contribution is -0.136. The molecule has 0 atom stereocenters. The second-order valence-electron chi connectivity index (χ2n) is 2.55. The zero-order valence-corrected chi connectivity index (χ0v) is 6.94. The number of esters is 1. The Morgan fingerprint density at radius 1 is 1.55 bits per heavy atom. The Hall–Kier alpha value is -0.990. The summed E-state index contributed by atoms with van der Waals surface area (Å²) in [6, 6.07) is 0. The molecule has 0 spiro atoms. The van der Waals surface area contributed by atoms with E-state index in [4.69, 9.17) is 0 Å². The van der Waals surface area contributed by atoms with E-state index in [1.165, 1.54) is 7.11 Å². The Morgan fingerprint density at radius 2 is 2.27 bits per heavy atom. The summed E-state index contributed by atoms with van der Waals surface area (Å²) in [5, 5.41) is 3.01. The van der Waals surface area contributed by atoms with Crippen molar-refractivity contribution in [3.8, 4) is 0 Å². The maximum atomic E-state index is 11.1. The van der Waals surface area contributed by atoms with Gasteiger partial charge in [-0.1, -0.05) is 0 Å². The van der Waals surface area contributed by atoms with E-state index >= 15 is 0 Å². The number of allylic oxidation sites excluding steroid dienone is 1. The van der Waals surface area contributed by atoms with Crippen molar-refractivity contribution in [2.45, 2.75) is 19.3 Å². The molecule has 0 fully saturated rings. The van der Waals surface area contributed by atoms with Gasteiger partial charge < -0.3 is 10.1 Å². The summed E-state index contributed by atoms with van der Waals surface area (Å²) in [5.74, 6) is -0.188. The third kappa shape index (κ3) is 1.53. The SMILES string of the molecule is CNC1=C(C(=O)OC)CCC1. The Bertz CT molecular complexity index is 196. The first kappa shape index (κ1) is 8.11. The summed E-state index contributed by atoms with van der Waals surface area (Å²) in [6.45, 7) is 0. The quantitative estimate of drug-likeness (QED) is 0.600. The molecule has 0 unspecified atom stereocenters. The molecule has 1 aliphatic carbocycles. The highest BCUT2D eigenvalue weighted by molar-refractivity contribution is 5.89. The van der Waals surface area contributed by atoms with E-state index in [0.29, 0.717) is 0 Å². The van der Waals surface area contributed by atoms with E-state index in [9.17, 15) is 4.79 Å². The lowest BCUT2D eigenvalue weighted by Crippen LogP contribution is -2.11. The minimum Gasteiger partial charge on any atom is -0.466 e. The summed E-state index contributed by atoms with van der Waals surface area (Å²) < 4.78 is 4.63. The number of hydrogen-bond donors (Lipinski definition) is 1. The van der Waals surface area contributed by atoms with Crippen LogP contribution in [0.5, 0.6) is 0 Å². The van der Waals surface area contributed by atoms with Crippen LogP contribution in [-0.2, 0) is 9.53 Å². The standard InChI is InChI=1S/C8H13NO2/c1-9-7-5-3-4-6(7)8(10)11-2/h9H,3-5H2,1-2H3. The summed E-state index contributed by atoms with van der Waals surface area (Å²) in [7, 11) is 3.25. The molecule has 3 nitrogen and oxygen atoms in total. The number of nitrogens with one attached hydrogen (secondary N) is 1. The Kier molecular flexibility index (Phi) is 2.52. The average molecular weight is 155 g/mol. The minimum absolute atomic E-state index is 0.188. The second-order valence-corrected chi connectivity index (χ2v) is 2.55. The number of hydrogen-bond acceptors (Lipinski definition) is 3. The summed E-state index contributed by atoms with van der Waals surface area (Å²) in [4.78, 5) is 11.1. The van der Waals surface area contributed by atoms with E-state index in [1.807, 2.05) is 7.05 Å². The molecule has 11 heavy (non-hydrogen) atoms. The maximum Gasteiger partial charge on any atom is 0.335 e. The first-order valence-electron chi connectivity index (χ1n) is 3.77. The van der Waals surface area contributed by atoms with Crippen LogP contribution in [0.1, 0.15) is 19.3 Å². The number of carbonyl (C=O) groups excluding carboxylic acids is 1. The van der Waals surface area contributed by atoms with Gasteiger partial charge in [-0.25, -0.2) is 4.79 Å². The molecule has 0 heterocycles. The summed E-state index contributed by atoms with van der Waals surface area (Å²) in [6.07, 6.45) is 2.88. The van der Waals surface area contributed by atoms with Crippen molar-refractivity contribution in [3.05, 3.63) is 11.3 Å². The average Bonchev–Trinajstić information content (AvgIpc) is 2.50. The smallest absolute Gasteiger partial charge is 0.335 e. The monoisotopic (exact) mass is 155 g/mol. The summed E-state index contributed by atoms with van der Waals surface area (Å²) in [5.41, 5.74) is 1.85. The number of rotatable bonds is 2. The van der Waals surface area contributed by atoms with Gasteiger partial charge >= 0.3 is 5.97 Å². The topological polar surface area (TPSA) is 38.3 Å². The van der Waals surface area contributed by atoms with Gasteiger partial charge in [0, 0.05) is 12.7 Å². The normalized spacial score (nSPS) is 16.9.